The van der Waals surface area contributed by atoms with Crippen LogP contribution in [-0.2, 0) is 6.54 Å². The van der Waals surface area contributed by atoms with Crippen LogP contribution in [0.25, 0.3) is 0 Å². The lowest BCUT2D eigenvalue weighted by Gasteiger charge is -2.20. The fraction of sp³-hybridized carbons (Fsp3) is 0.368. The van der Waals surface area contributed by atoms with E-state index in [2.05, 4.69) is 20.6 Å². The number of nitro benzene ring substituents is 1. The number of rotatable bonds is 6. The molecule has 1 aliphatic rings. The van der Waals surface area contributed by atoms with Crippen LogP contribution in [0.5, 0.6) is 0 Å². The standard InChI is InChI=1S/C19H23FN6O2.HI/c1-2-21-19(23-12-14-5-3-6-16(11-14)26(27)28)24-15-8-10-25(13-15)18-17(20)7-4-9-22-18;/h3-7,9,11,15H,2,8,10,12-13H2,1H3,(H2,21,23,24);1H. The molecule has 29 heavy (non-hydrogen) atoms. The van der Waals surface area contributed by atoms with Crippen LogP contribution in [0.4, 0.5) is 15.9 Å². The Balaban J connectivity index is 0.00000300. The van der Waals surface area contributed by atoms with E-state index < -0.39 is 4.92 Å². The summed E-state index contributed by atoms with van der Waals surface area (Å²) in [5.74, 6) is 0.669. The number of nitrogens with one attached hydrogen (secondary N) is 2. The first-order valence-electron chi connectivity index (χ1n) is 9.20. The molecule has 0 amide bonds. The molecule has 1 aromatic heterocycles. The minimum Gasteiger partial charge on any atom is -0.357 e. The van der Waals surface area contributed by atoms with E-state index in [1.165, 1.54) is 18.2 Å². The summed E-state index contributed by atoms with van der Waals surface area (Å²) < 4.78 is 13.9. The highest BCUT2D eigenvalue weighted by atomic mass is 127. The van der Waals surface area contributed by atoms with Gasteiger partial charge in [-0.1, -0.05) is 12.1 Å². The molecule has 1 fully saturated rings. The van der Waals surface area contributed by atoms with E-state index in [0.29, 0.717) is 38.0 Å². The number of benzene rings is 1. The summed E-state index contributed by atoms with van der Waals surface area (Å²) in [6.45, 7) is 4.30. The van der Waals surface area contributed by atoms with E-state index in [1.807, 2.05) is 11.8 Å². The Hall–Kier alpha value is -2.50. The molecule has 1 aliphatic heterocycles. The highest BCUT2D eigenvalue weighted by molar-refractivity contribution is 14.0. The van der Waals surface area contributed by atoms with Crippen LogP contribution < -0.4 is 15.5 Å². The van der Waals surface area contributed by atoms with E-state index in [1.54, 1.807) is 24.4 Å². The summed E-state index contributed by atoms with van der Waals surface area (Å²) in [7, 11) is 0. The average molecular weight is 514 g/mol. The molecule has 0 bridgehead atoms. The van der Waals surface area contributed by atoms with Crippen molar-refractivity contribution in [2.45, 2.75) is 25.9 Å². The van der Waals surface area contributed by atoms with Gasteiger partial charge in [-0.05, 0) is 31.0 Å². The molecular weight excluding hydrogens is 490 g/mol. The number of nitrogens with zero attached hydrogens (tertiary/aromatic N) is 4. The van der Waals surface area contributed by atoms with Gasteiger partial charge in [0, 0.05) is 44.0 Å². The molecule has 10 heteroatoms. The lowest BCUT2D eigenvalue weighted by molar-refractivity contribution is -0.384. The second kappa shape index (κ2) is 10.9. The predicted molar refractivity (Wildman–Crippen MR) is 121 cm³/mol. The van der Waals surface area contributed by atoms with Crippen LogP contribution in [0.2, 0.25) is 0 Å². The maximum Gasteiger partial charge on any atom is 0.269 e. The normalized spacial score (nSPS) is 16.3. The molecule has 8 nitrogen and oxygen atoms in total. The maximum atomic E-state index is 13.9. The third-order valence-corrected chi connectivity index (χ3v) is 4.45. The summed E-state index contributed by atoms with van der Waals surface area (Å²) in [4.78, 5) is 21.1. The molecular formula is C19H24FIN6O2. The zero-order valence-electron chi connectivity index (χ0n) is 16.0. The second-order valence-electron chi connectivity index (χ2n) is 6.51. The molecule has 156 valence electrons. The zero-order chi connectivity index (χ0) is 19.9. The lowest BCUT2D eigenvalue weighted by atomic mass is 10.2. The Morgan fingerprint density at radius 3 is 2.97 bits per heavy atom. The fourth-order valence-corrected chi connectivity index (χ4v) is 3.13. The molecule has 0 aliphatic carbocycles. The van der Waals surface area contributed by atoms with Gasteiger partial charge in [0.25, 0.3) is 5.69 Å². The first kappa shape index (κ1) is 22.8. The van der Waals surface area contributed by atoms with Gasteiger partial charge < -0.3 is 15.5 Å². The molecule has 2 N–H and O–H groups in total. The van der Waals surface area contributed by atoms with Crippen LogP contribution in [-0.4, -0.2) is 41.5 Å². The number of hydrogen-bond donors (Lipinski definition) is 2. The molecule has 3 rings (SSSR count). The van der Waals surface area contributed by atoms with E-state index in [0.717, 1.165) is 12.0 Å². The van der Waals surface area contributed by atoms with E-state index in [4.69, 9.17) is 0 Å². The van der Waals surface area contributed by atoms with Crippen molar-refractivity contribution in [2.75, 3.05) is 24.5 Å². The maximum absolute atomic E-state index is 13.9. The molecule has 1 saturated heterocycles. The monoisotopic (exact) mass is 514 g/mol. The number of guanidine groups is 1. The predicted octanol–water partition coefficient (Wildman–Crippen LogP) is 3.08. The number of pyridine rings is 1. The van der Waals surface area contributed by atoms with Crippen molar-refractivity contribution >= 4 is 41.4 Å². The quantitative estimate of drug-likeness (QED) is 0.202. The number of non-ortho nitro benzene ring substituents is 1. The topological polar surface area (TPSA) is 95.7 Å². The molecule has 2 heterocycles. The van der Waals surface area contributed by atoms with Gasteiger partial charge in [-0.15, -0.1) is 24.0 Å². The largest absolute Gasteiger partial charge is 0.357 e. The van der Waals surface area contributed by atoms with Gasteiger partial charge >= 0.3 is 0 Å². The van der Waals surface area contributed by atoms with Gasteiger partial charge in [-0.3, -0.25) is 10.1 Å². The van der Waals surface area contributed by atoms with E-state index in [9.17, 15) is 14.5 Å². The zero-order valence-corrected chi connectivity index (χ0v) is 18.4. The van der Waals surface area contributed by atoms with Gasteiger partial charge in [0.1, 0.15) is 0 Å². The van der Waals surface area contributed by atoms with Crippen LogP contribution in [0.1, 0.15) is 18.9 Å². The molecule has 1 atom stereocenters. The van der Waals surface area contributed by atoms with Crippen LogP contribution >= 0.6 is 24.0 Å². The van der Waals surface area contributed by atoms with Crippen LogP contribution in [0.3, 0.4) is 0 Å². The van der Waals surface area contributed by atoms with Crippen molar-refractivity contribution in [3.8, 4) is 0 Å². The summed E-state index contributed by atoms with van der Waals surface area (Å²) >= 11 is 0. The minimum absolute atomic E-state index is 0. The van der Waals surface area contributed by atoms with Crippen molar-refractivity contribution < 1.29 is 9.31 Å². The number of aromatic nitrogens is 1. The van der Waals surface area contributed by atoms with Gasteiger partial charge in [0.15, 0.2) is 17.6 Å². The SMILES string of the molecule is CCNC(=NCc1cccc([N+](=O)[O-])c1)NC1CCN(c2ncccc2F)C1.I. The van der Waals surface area contributed by atoms with Crippen molar-refractivity contribution in [3.63, 3.8) is 0 Å². The minimum atomic E-state index is -0.416. The van der Waals surface area contributed by atoms with Gasteiger partial charge in [0.2, 0.25) is 0 Å². The third kappa shape index (κ3) is 6.24. The van der Waals surface area contributed by atoms with E-state index >= 15 is 0 Å². The Bertz CT molecular complexity index is 866. The molecule has 0 spiro atoms. The number of halogens is 2. The summed E-state index contributed by atoms with van der Waals surface area (Å²) in [5.41, 5.74) is 0.810. The smallest absolute Gasteiger partial charge is 0.269 e. The van der Waals surface area contributed by atoms with Crippen molar-refractivity contribution in [2.24, 2.45) is 4.99 Å². The Morgan fingerprint density at radius 2 is 2.24 bits per heavy atom. The first-order chi connectivity index (χ1) is 13.6. The summed E-state index contributed by atoms with van der Waals surface area (Å²) in [6, 6.07) is 9.53. The Labute approximate surface area is 185 Å². The highest BCUT2D eigenvalue weighted by Crippen LogP contribution is 2.20. The number of hydrogen-bond acceptors (Lipinski definition) is 5. The molecule has 1 aromatic carbocycles. The van der Waals surface area contributed by atoms with Crippen molar-refractivity contribution in [1.29, 1.82) is 0 Å². The molecule has 0 radical (unpaired) electrons. The van der Waals surface area contributed by atoms with Crippen LogP contribution in [0.15, 0.2) is 47.6 Å². The molecule has 0 saturated carbocycles. The van der Waals surface area contributed by atoms with Gasteiger partial charge in [0.05, 0.1) is 11.5 Å². The third-order valence-electron chi connectivity index (χ3n) is 4.45. The molecule has 1 unspecified atom stereocenters. The van der Waals surface area contributed by atoms with Gasteiger partial charge in [-0.25, -0.2) is 14.4 Å². The van der Waals surface area contributed by atoms with Crippen molar-refractivity contribution in [1.82, 2.24) is 15.6 Å². The molecule has 2 aromatic rings. The van der Waals surface area contributed by atoms with Gasteiger partial charge in [-0.2, -0.15) is 0 Å². The first-order valence-corrected chi connectivity index (χ1v) is 9.20. The second-order valence-corrected chi connectivity index (χ2v) is 6.51. The van der Waals surface area contributed by atoms with Crippen molar-refractivity contribution in [3.05, 3.63) is 64.1 Å². The fourth-order valence-electron chi connectivity index (χ4n) is 3.13. The Morgan fingerprint density at radius 1 is 1.41 bits per heavy atom. The van der Waals surface area contributed by atoms with Crippen LogP contribution in [0, 0.1) is 15.9 Å². The number of nitro groups is 1. The number of anilines is 1. The lowest BCUT2D eigenvalue weighted by Crippen LogP contribution is -2.44. The van der Waals surface area contributed by atoms with E-state index in [-0.39, 0.29) is 41.5 Å². The highest BCUT2D eigenvalue weighted by Gasteiger charge is 2.25. The number of aliphatic imine (C=N–C) groups is 1. The Kier molecular flexibility index (Phi) is 8.55. The summed E-state index contributed by atoms with van der Waals surface area (Å²) in [6.07, 6.45) is 2.42. The summed E-state index contributed by atoms with van der Waals surface area (Å²) in [5, 5.41) is 17.4. The average Bonchev–Trinajstić information content (AvgIpc) is 3.15.